The summed E-state index contributed by atoms with van der Waals surface area (Å²) in [6.07, 6.45) is 3.99. The van der Waals surface area contributed by atoms with Gasteiger partial charge in [0.25, 0.3) is 11.5 Å². The number of aromatic nitrogens is 2. The number of nitrogens with zero attached hydrogens (tertiary/aromatic N) is 2. The quantitative estimate of drug-likeness (QED) is 0.759. The maximum atomic E-state index is 12.2. The number of hydrogen-bond donors (Lipinski definition) is 1. The van der Waals surface area contributed by atoms with E-state index in [1.165, 1.54) is 22.0 Å². The van der Waals surface area contributed by atoms with Crippen LogP contribution in [-0.2, 0) is 13.5 Å². The molecule has 0 aliphatic rings. The molecule has 0 spiro atoms. The molecule has 2 aromatic heterocycles. The Morgan fingerprint density at radius 1 is 1.32 bits per heavy atom. The minimum Gasteiger partial charge on any atom is -0.319 e. The minimum absolute atomic E-state index is 0.233. The van der Waals surface area contributed by atoms with Crippen LogP contribution in [-0.4, -0.2) is 15.5 Å². The lowest BCUT2D eigenvalue weighted by atomic mass is 10.1. The van der Waals surface area contributed by atoms with E-state index in [-0.39, 0.29) is 11.5 Å². The largest absolute Gasteiger partial charge is 0.319 e. The molecule has 0 aliphatic heterocycles. The van der Waals surface area contributed by atoms with Crippen LogP contribution in [0.1, 0.15) is 26.4 Å². The molecule has 3 aromatic rings. The molecule has 3 rings (SSSR count). The van der Waals surface area contributed by atoms with Crippen LogP contribution in [0.15, 0.2) is 47.5 Å². The summed E-state index contributed by atoms with van der Waals surface area (Å²) in [7, 11) is 1.63. The number of nitrogens with one attached hydrogen (secondary N) is 1. The number of halogens is 1. The van der Waals surface area contributed by atoms with E-state index in [9.17, 15) is 9.59 Å². The first kappa shape index (κ1) is 17.4. The number of thiazole rings is 1. The van der Waals surface area contributed by atoms with Crippen molar-refractivity contribution in [3.8, 4) is 0 Å². The smallest absolute Gasteiger partial charge is 0.257 e. The number of hydrogen-bond acceptors (Lipinski definition) is 4. The van der Waals surface area contributed by atoms with E-state index in [0.717, 1.165) is 21.0 Å². The summed E-state index contributed by atoms with van der Waals surface area (Å²) in [5.41, 5.74) is 2.20. The van der Waals surface area contributed by atoms with Gasteiger partial charge < -0.3 is 4.57 Å². The summed E-state index contributed by atoms with van der Waals surface area (Å²) >= 11 is 7.55. The molecule has 2 heterocycles. The number of rotatable bonds is 4. The molecule has 0 saturated carbocycles. The molecular formula is C18H16ClN3O2S. The Bertz CT molecular complexity index is 994. The second-order valence-corrected chi connectivity index (χ2v) is 7.23. The van der Waals surface area contributed by atoms with Crippen molar-refractivity contribution in [1.82, 2.24) is 9.55 Å². The number of benzene rings is 1. The molecule has 1 amide bonds. The molecule has 128 valence electrons. The first-order valence-corrected chi connectivity index (χ1v) is 8.79. The highest BCUT2D eigenvalue weighted by Crippen LogP contribution is 2.24. The minimum atomic E-state index is -0.350. The van der Waals surface area contributed by atoms with Crippen molar-refractivity contribution in [1.29, 1.82) is 0 Å². The van der Waals surface area contributed by atoms with Crippen LogP contribution in [0.4, 0.5) is 5.13 Å². The van der Waals surface area contributed by atoms with Gasteiger partial charge in [0, 0.05) is 47.4 Å². The number of carbonyl (C=O) groups excluding carboxylic acids is 1. The first-order chi connectivity index (χ1) is 11.9. The third kappa shape index (κ3) is 4.15. The Hall–Kier alpha value is -2.44. The Kier molecular flexibility index (Phi) is 5.01. The van der Waals surface area contributed by atoms with Crippen molar-refractivity contribution in [2.24, 2.45) is 7.05 Å². The summed E-state index contributed by atoms with van der Waals surface area (Å²) in [5.74, 6) is -0.350. The zero-order chi connectivity index (χ0) is 18.0. The van der Waals surface area contributed by atoms with Crippen molar-refractivity contribution in [3.63, 3.8) is 0 Å². The first-order valence-electron chi connectivity index (χ1n) is 7.60. The molecular weight excluding hydrogens is 358 g/mol. The van der Waals surface area contributed by atoms with Crippen molar-refractivity contribution >= 4 is 34.0 Å². The highest BCUT2D eigenvalue weighted by atomic mass is 35.5. The van der Waals surface area contributed by atoms with Crippen LogP contribution >= 0.6 is 22.9 Å². The molecule has 7 heteroatoms. The second-order valence-electron chi connectivity index (χ2n) is 5.71. The monoisotopic (exact) mass is 373 g/mol. The molecule has 25 heavy (non-hydrogen) atoms. The summed E-state index contributed by atoms with van der Waals surface area (Å²) < 4.78 is 1.41. The number of aryl methyl sites for hydroxylation is 2. The summed E-state index contributed by atoms with van der Waals surface area (Å²) in [6.45, 7) is 1.96. The van der Waals surface area contributed by atoms with E-state index in [2.05, 4.69) is 10.3 Å². The maximum Gasteiger partial charge on any atom is 0.257 e. The van der Waals surface area contributed by atoms with Gasteiger partial charge in [-0.3, -0.25) is 14.9 Å². The van der Waals surface area contributed by atoms with E-state index >= 15 is 0 Å². The number of anilines is 1. The molecule has 0 saturated heterocycles. The number of pyridine rings is 1. The van der Waals surface area contributed by atoms with Crippen LogP contribution in [0.5, 0.6) is 0 Å². The van der Waals surface area contributed by atoms with Crippen LogP contribution in [0.25, 0.3) is 0 Å². The number of carbonyl (C=O) groups is 1. The lowest BCUT2D eigenvalue weighted by Gasteiger charge is -2.03. The van der Waals surface area contributed by atoms with Crippen LogP contribution in [0.2, 0.25) is 5.02 Å². The van der Waals surface area contributed by atoms with Crippen molar-refractivity contribution in [2.45, 2.75) is 13.3 Å². The van der Waals surface area contributed by atoms with Gasteiger partial charge in [-0.25, -0.2) is 4.98 Å². The lowest BCUT2D eigenvalue weighted by Crippen LogP contribution is -2.19. The summed E-state index contributed by atoms with van der Waals surface area (Å²) in [4.78, 5) is 29.1. The van der Waals surface area contributed by atoms with E-state index < -0.39 is 0 Å². The van der Waals surface area contributed by atoms with Crippen LogP contribution < -0.4 is 10.9 Å². The molecule has 0 radical (unpaired) electrons. The Labute approximate surface area is 153 Å². The van der Waals surface area contributed by atoms with Gasteiger partial charge in [-0.1, -0.05) is 23.7 Å². The van der Waals surface area contributed by atoms with Gasteiger partial charge in [-0.15, -0.1) is 11.3 Å². The fraction of sp³-hybridized carbons (Fsp3) is 0.167. The third-order valence-corrected chi connectivity index (χ3v) is 5.08. The van der Waals surface area contributed by atoms with Gasteiger partial charge in [0.15, 0.2) is 5.13 Å². The predicted octanol–water partition coefficient (Wildman–Crippen LogP) is 3.65. The lowest BCUT2D eigenvalue weighted by molar-refractivity contribution is 0.102. The molecule has 0 bridgehead atoms. The summed E-state index contributed by atoms with van der Waals surface area (Å²) in [5, 5.41) is 3.96. The Morgan fingerprint density at radius 3 is 2.84 bits per heavy atom. The molecule has 5 nitrogen and oxygen atoms in total. The average Bonchev–Trinajstić information content (AvgIpc) is 3.00. The maximum absolute atomic E-state index is 12.2. The van der Waals surface area contributed by atoms with Gasteiger partial charge in [0.1, 0.15) is 0 Å². The van der Waals surface area contributed by atoms with Crippen LogP contribution in [0, 0.1) is 6.92 Å². The summed E-state index contributed by atoms with van der Waals surface area (Å²) in [6, 6.07) is 8.85. The standard InChI is InChI=1S/C18H16ClN3O2S/c1-11-3-4-12(8-15(11)19)7-14-10-20-18(25-14)21-17(24)13-5-6-22(2)16(23)9-13/h3-6,8-10H,7H2,1-2H3,(H,20,21,24). The van der Waals surface area contributed by atoms with Gasteiger partial charge in [0.05, 0.1) is 0 Å². The fourth-order valence-electron chi connectivity index (χ4n) is 2.25. The van der Waals surface area contributed by atoms with Gasteiger partial charge >= 0.3 is 0 Å². The fourth-order valence-corrected chi connectivity index (χ4v) is 3.30. The second kappa shape index (κ2) is 7.21. The molecule has 0 fully saturated rings. The Balaban J connectivity index is 1.70. The molecule has 1 N–H and O–H groups in total. The molecule has 0 atom stereocenters. The molecule has 0 unspecified atom stereocenters. The SMILES string of the molecule is Cc1ccc(Cc2cnc(NC(=O)c3ccn(C)c(=O)c3)s2)cc1Cl. The van der Waals surface area contributed by atoms with E-state index in [1.54, 1.807) is 25.5 Å². The normalized spacial score (nSPS) is 10.7. The van der Waals surface area contributed by atoms with Crippen LogP contribution in [0.3, 0.4) is 0 Å². The zero-order valence-corrected chi connectivity index (χ0v) is 15.3. The van der Waals surface area contributed by atoms with Gasteiger partial charge in [0.2, 0.25) is 0 Å². The number of amides is 1. The average molecular weight is 374 g/mol. The predicted molar refractivity (Wildman–Crippen MR) is 101 cm³/mol. The zero-order valence-electron chi connectivity index (χ0n) is 13.7. The molecule has 1 aromatic carbocycles. The van der Waals surface area contributed by atoms with Crippen molar-refractivity contribution < 1.29 is 4.79 Å². The Morgan fingerprint density at radius 2 is 2.12 bits per heavy atom. The van der Waals surface area contributed by atoms with Gasteiger partial charge in [-0.05, 0) is 30.2 Å². The highest BCUT2D eigenvalue weighted by Gasteiger charge is 2.11. The van der Waals surface area contributed by atoms with Crippen molar-refractivity contribution in [2.75, 3.05) is 5.32 Å². The topological polar surface area (TPSA) is 64.0 Å². The van der Waals surface area contributed by atoms with Crippen molar-refractivity contribution in [3.05, 3.63) is 79.7 Å². The molecule has 0 aliphatic carbocycles. The highest BCUT2D eigenvalue weighted by molar-refractivity contribution is 7.15. The third-order valence-electron chi connectivity index (χ3n) is 3.76. The van der Waals surface area contributed by atoms with E-state index in [4.69, 9.17) is 11.6 Å². The van der Waals surface area contributed by atoms with E-state index in [0.29, 0.717) is 17.1 Å². The van der Waals surface area contributed by atoms with Gasteiger partial charge in [-0.2, -0.15) is 0 Å². The van der Waals surface area contributed by atoms with E-state index in [1.807, 2.05) is 25.1 Å².